The first-order valence-electron chi connectivity index (χ1n) is 6.72. The van der Waals surface area contributed by atoms with Crippen molar-refractivity contribution in [3.05, 3.63) is 30.3 Å². The molecule has 2 aliphatic rings. The van der Waals surface area contributed by atoms with Gasteiger partial charge in [0.25, 0.3) is 0 Å². The van der Waals surface area contributed by atoms with Crippen LogP contribution < -0.4 is 0 Å². The second-order valence-electron chi connectivity index (χ2n) is 5.82. The normalized spacial score (nSPS) is 34.8. The van der Waals surface area contributed by atoms with Crippen molar-refractivity contribution in [3.63, 3.8) is 0 Å². The van der Waals surface area contributed by atoms with E-state index in [1.54, 1.807) is 32.0 Å². The van der Waals surface area contributed by atoms with Gasteiger partial charge in [-0.25, -0.2) is 8.42 Å². The van der Waals surface area contributed by atoms with Crippen LogP contribution in [-0.4, -0.2) is 49.7 Å². The number of fused-ring (bicyclic) bond motifs is 1. The Kier molecular flexibility index (Phi) is 3.38. The van der Waals surface area contributed by atoms with Crippen LogP contribution in [0.15, 0.2) is 35.2 Å². The van der Waals surface area contributed by atoms with E-state index < -0.39 is 39.4 Å². The summed E-state index contributed by atoms with van der Waals surface area (Å²) < 4.78 is 41.3. The van der Waals surface area contributed by atoms with E-state index in [0.29, 0.717) is 0 Å². The van der Waals surface area contributed by atoms with E-state index in [-0.39, 0.29) is 11.5 Å². The second-order valence-corrected chi connectivity index (χ2v) is 7.81. The minimum Gasteiger partial charge on any atom is -0.363 e. The van der Waals surface area contributed by atoms with E-state index >= 15 is 0 Å². The van der Waals surface area contributed by atoms with Gasteiger partial charge in [0.1, 0.15) is 18.0 Å². The molecule has 3 rings (SSSR count). The third-order valence-corrected chi connectivity index (χ3v) is 5.41. The lowest BCUT2D eigenvalue weighted by atomic mass is 10.1. The summed E-state index contributed by atoms with van der Waals surface area (Å²) in [5.41, 5.74) is 0. The van der Waals surface area contributed by atoms with Crippen LogP contribution >= 0.6 is 0 Å². The van der Waals surface area contributed by atoms with Gasteiger partial charge in [0.05, 0.1) is 11.5 Å². The molecular weight excluding hydrogens is 296 g/mol. The van der Waals surface area contributed by atoms with Crippen molar-refractivity contribution in [1.29, 1.82) is 0 Å². The first-order valence-corrected chi connectivity index (χ1v) is 8.37. The highest BCUT2D eigenvalue weighted by atomic mass is 32.2. The Balaban J connectivity index is 1.85. The summed E-state index contributed by atoms with van der Waals surface area (Å²) in [5, 5.41) is 10.6. The van der Waals surface area contributed by atoms with Crippen LogP contribution in [0.25, 0.3) is 0 Å². The summed E-state index contributed by atoms with van der Waals surface area (Å²) in [6.45, 7) is 3.55. The zero-order valence-electron chi connectivity index (χ0n) is 11.9. The van der Waals surface area contributed by atoms with Gasteiger partial charge in [-0.15, -0.1) is 0 Å². The minimum absolute atomic E-state index is 0.106. The molecule has 2 saturated heterocycles. The smallest absolute Gasteiger partial charge is 0.209 e. The highest BCUT2D eigenvalue weighted by Crippen LogP contribution is 2.40. The lowest BCUT2D eigenvalue weighted by molar-refractivity contribution is -0.248. The SMILES string of the molecule is CC1(C)O[C@@H]2[C@@H](CO[C@@]2(O)CS(=O)(=O)c2ccccc2)O1. The zero-order chi connectivity index (χ0) is 15.3. The Morgan fingerprint density at radius 2 is 1.90 bits per heavy atom. The summed E-state index contributed by atoms with van der Waals surface area (Å²) in [6, 6.07) is 7.97. The molecule has 0 spiro atoms. The molecule has 2 aliphatic heterocycles. The van der Waals surface area contributed by atoms with Gasteiger partial charge in [-0.05, 0) is 26.0 Å². The van der Waals surface area contributed by atoms with Gasteiger partial charge in [0.15, 0.2) is 15.6 Å². The molecule has 0 radical (unpaired) electrons. The van der Waals surface area contributed by atoms with Crippen molar-refractivity contribution in [3.8, 4) is 0 Å². The van der Waals surface area contributed by atoms with Crippen molar-refractivity contribution < 1.29 is 27.7 Å². The maximum absolute atomic E-state index is 12.4. The molecule has 3 atom stereocenters. The number of ether oxygens (including phenoxy) is 3. The molecule has 6 nitrogen and oxygen atoms in total. The molecule has 0 bridgehead atoms. The molecule has 0 amide bonds. The van der Waals surface area contributed by atoms with Crippen molar-refractivity contribution in [2.75, 3.05) is 12.4 Å². The zero-order valence-corrected chi connectivity index (χ0v) is 12.7. The molecule has 1 N–H and O–H groups in total. The quantitative estimate of drug-likeness (QED) is 0.884. The maximum Gasteiger partial charge on any atom is 0.209 e. The van der Waals surface area contributed by atoms with Crippen molar-refractivity contribution in [1.82, 2.24) is 0 Å². The van der Waals surface area contributed by atoms with Crippen molar-refractivity contribution in [2.24, 2.45) is 0 Å². The standard InChI is InChI=1S/C14H18O6S/c1-13(2)19-11-8-18-14(15,12(11)20-13)9-21(16,17)10-6-4-3-5-7-10/h3-7,11-12,15H,8-9H2,1-2H3/t11-,12-,14+/m1/s1. The van der Waals surface area contributed by atoms with Gasteiger partial charge < -0.3 is 19.3 Å². The molecule has 2 fully saturated rings. The predicted molar refractivity (Wildman–Crippen MR) is 73.2 cm³/mol. The van der Waals surface area contributed by atoms with E-state index in [9.17, 15) is 13.5 Å². The van der Waals surface area contributed by atoms with Gasteiger partial charge in [-0.2, -0.15) is 0 Å². The first kappa shape index (κ1) is 14.9. The number of sulfone groups is 1. The Labute approximate surface area is 123 Å². The van der Waals surface area contributed by atoms with Crippen LogP contribution in [-0.2, 0) is 24.0 Å². The molecule has 0 aromatic heterocycles. The van der Waals surface area contributed by atoms with Crippen molar-refractivity contribution >= 4 is 9.84 Å². The molecular formula is C14H18O6S. The average molecular weight is 314 g/mol. The molecule has 1 aromatic carbocycles. The van der Waals surface area contributed by atoms with Gasteiger partial charge in [-0.3, -0.25) is 0 Å². The van der Waals surface area contributed by atoms with Crippen molar-refractivity contribution in [2.45, 2.75) is 42.5 Å². The number of benzene rings is 1. The molecule has 7 heteroatoms. The van der Waals surface area contributed by atoms with E-state index in [0.717, 1.165) is 0 Å². The van der Waals surface area contributed by atoms with Crippen LogP contribution in [0.4, 0.5) is 0 Å². The summed E-state index contributed by atoms with van der Waals surface area (Å²) in [7, 11) is -3.69. The molecule has 2 heterocycles. The van der Waals surface area contributed by atoms with Crippen LogP contribution in [0.5, 0.6) is 0 Å². The summed E-state index contributed by atoms with van der Waals surface area (Å²) in [6.07, 6.45) is -1.28. The van der Waals surface area contributed by atoms with E-state index in [2.05, 4.69) is 0 Å². The van der Waals surface area contributed by atoms with Crippen LogP contribution in [0.3, 0.4) is 0 Å². The molecule has 0 aliphatic carbocycles. The Hall–Kier alpha value is -0.990. The lowest BCUT2D eigenvalue weighted by Gasteiger charge is -2.28. The van der Waals surface area contributed by atoms with Gasteiger partial charge >= 0.3 is 0 Å². The van der Waals surface area contributed by atoms with Gasteiger partial charge in [-0.1, -0.05) is 18.2 Å². The largest absolute Gasteiger partial charge is 0.363 e. The maximum atomic E-state index is 12.4. The summed E-state index contributed by atoms with van der Waals surface area (Å²) >= 11 is 0. The van der Waals surface area contributed by atoms with E-state index in [1.807, 2.05) is 0 Å². The minimum atomic E-state index is -3.69. The van der Waals surface area contributed by atoms with Crippen LogP contribution in [0.2, 0.25) is 0 Å². The third-order valence-electron chi connectivity index (χ3n) is 3.62. The summed E-state index contributed by atoms with van der Waals surface area (Å²) in [4.78, 5) is 0.142. The average Bonchev–Trinajstić information content (AvgIpc) is 2.86. The fourth-order valence-corrected chi connectivity index (χ4v) is 4.29. The molecule has 0 unspecified atom stereocenters. The molecule has 116 valence electrons. The van der Waals surface area contributed by atoms with E-state index in [4.69, 9.17) is 14.2 Å². The molecule has 21 heavy (non-hydrogen) atoms. The number of hydrogen-bond acceptors (Lipinski definition) is 6. The van der Waals surface area contributed by atoms with Crippen LogP contribution in [0, 0.1) is 0 Å². The predicted octanol–water partition coefficient (Wildman–Crippen LogP) is 0.699. The molecule has 0 saturated carbocycles. The van der Waals surface area contributed by atoms with Gasteiger partial charge in [0, 0.05) is 0 Å². The third kappa shape index (κ3) is 2.72. The van der Waals surface area contributed by atoms with Gasteiger partial charge in [0.2, 0.25) is 5.79 Å². The molecule has 1 aromatic rings. The highest BCUT2D eigenvalue weighted by molar-refractivity contribution is 7.91. The monoisotopic (exact) mass is 314 g/mol. The Morgan fingerprint density at radius 3 is 2.57 bits per heavy atom. The first-order chi connectivity index (χ1) is 9.72. The fourth-order valence-electron chi connectivity index (χ4n) is 2.76. The second kappa shape index (κ2) is 4.76. The Morgan fingerprint density at radius 1 is 1.24 bits per heavy atom. The number of rotatable bonds is 3. The van der Waals surface area contributed by atoms with E-state index in [1.165, 1.54) is 12.1 Å². The summed E-state index contributed by atoms with van der Waals surface area (Å²) in [5.74, 6) is -3.32. The topological polar surface area (TPSA) is 82.1 Å². The Bertz CT molecular complexity index is 626. The fraction of sp³-hybridized carbons (Fsp3) is 0.571. The number of aliphatic hydroxyl groups is 1. The number of hydrogen-bond donors (Lipinski definition) is 1. The van der Waals surface area contributed by atoms with Crippen LogP contribution in [0.1, 0.15) is 13.8 Å². The lowest BCUT2D eigenvalue weighted by Crippen LogP contribution is -2.48. The highest BCUT2D eigenvalue weighted by Gasteiger charge is 2.59.